The Morgan fingerprint density at radius 3 is 2.13 bits per heavy atom. The van der Waals surface area contributed by atoms with Gasteiger partial charge < -0.3 is 10.2 Å². The first kappa shape index (κ1) is 16.6. The van der Waals surface area contributed by atoms with Crippen LogP contribution < -0.4 is 0 Å². The predicted molar refractivity (Wildman–Crippen MR) is 80.2 cm³/mol. The smallest absolute Gasteiger partial charge is 0.339 e. The van der Waals surface area contributed by atoms with Gasteiger partial charge in [0.2, 0.25) is 0 Å². The minimum atomic E-state index is -4.28. The molecule has 2 rings (SSSR count). The van der Waals surface area contributed by atoms with Gasteiger partial charge in [-0.3, -0.25) is 4.55 Å². The number of azo groups is 1. The van der Waals surface area contributed by atoms with Crippen LogP contribution in [-0.4, -0.2) is 29.2 Å². The molecule has 0 saturated heterocycles. The highest BCUT2D eigenvalue weighted by Crippen LogP contribution is 2.29. The highest BCUT2D eigenvalue weighted by molar-refractivity contribution is 7.85. The molecule has 0 fully saturated rings. The van der Waals surface area contributed by atoms with Crippen LogP contribution in [-0.2, 0) is 10.1 Å². The molecule has 3 N–H and O–H groups in total. The minimum absolute atomic E-state index is 0.219. The van der Waals surface area contributed by atoms with Gasteiger partial charge in [-0.1, -0.05) is 0 Å². The first-order chi connectivity index (χ1) is 10.7. The number of aromatic carboxylic acids is 1. The topological polar surface area (TPSA) is 137 Å². The Labute approximate surface area is 131 Å². The molecule has 0 aliphatic carbocycles. The Kier molecular flexibility index (Phi) is 4.43. The average molecular weight is 336 g/mol. The lowest BCUT2D eigenvalue weighted by Crippen LogP contribution is -1.97. The SMILES string of the molecule is Cc1cc(/N=N/c2ccc(S(=O)(=O)O)cc2)cc(C(=O)O)c1O. The van der Waals surface area contributed by atoms with Crippen molar-refractivity contribution >= 4 is 27.5 Å². The van der Waals surface area contributed by atoms with Gasteiger partial charge in [0.05, 0.1) is 16.3 Å². The molecule has 0 unspecified atom stereocenters. The Bertz CT molecular complexity index is 888. The molecule has 0 saturated carbocycles. The van der Waals surface area contributed by atoms with E-state index in [4.69, 9.17) is 9.66 Å². The molecular formula is C14H12N2O6S. The van der Waals surface area contributed by atoms with Gasteiger partial charge in [-0.05, 0) is 48.9 Å². The monoisotopic (exact) mass is 336 g/mol. The Balaban J connectivity index is 2.32. The fraction of sp³-hybridized carbons (Fsp3) is 0.0714. The van der Waals surface area contributed by atoms with Crippen molar-refractivity contribution < 1.29 is 28.0 Å². The van der Waals surface area contributed by atoms with E-state index in [0.29, 0.717) is 11.3 Å². The summed E-state index contributed by atoms with van der Waals surface area (Å²) < 4.78 is 30.7. The number of hydrogen-bond acceptors (Lipinski definition) is 6. The lowest BCUT2D eigenvalue weighted by atomic mass is 10.1. The van der Waals surface area contributed by atoms with Crippen molar-refractivity contribution in [2.75, 3.05) is 0 Å². The maximum absolute atomic E-state index is 11.0. The van der Waals surface area contributed by atoms with E-state index in [9.17, 15) is 18.3 Å². The second-order valence-corrected chi connectivity index (χ2v) is 6.05. The third-order valence-electron chi connectivity index (χ3n) is 2.93. The maximum atomic E-state index is 11.0. The number of hydrogen-bond donors (Lipinski definition) is 3. The van der Waals surface area contributed by atoms with Gasteiger partial charge in [-0.25, -0.2) is 4.79 Å². The quantitative estimate of drug-likeness (QED) is 0.579. The molecule has 0 amide bonds. The molecule has 0 bridgehead atoms. The largest absolute Gasteiger partial charge is 0.507 e. The molecule has 8 nitrogen and oxygen atoms in total. The highest BCUT2D eigenvalue weighted by atomic mass is 32.2. The van der Waals surface area contributed by atoms with Gasteiger partial charge in [0.1, 0.15) is 11.3 Å². The number of phenols is 1. The number of nitrogens with zero attached hydrogens (tertiary/aromatic N) is 2. The molecular weight excluding hydrogens is 324 g/mol. The number of carboxylic acids is 1. The zero-order valence-corrected chi connectivity index (χ0v) is 12.6. The Morgan fingerprint density at radius 1 is 1.04 bits per heavy atom. The lowest BCUT2D eigenvalue weighted by Gasteiger charge is -2.04. The number of aryl methyl sites for hydroxylation is 1. The molecule has 0 aliphatic rings. The first-order valence-corrected chi connectivity index (χ1v) is 7.68. The molecule has 2 aromatic rings. The van der Waals surface area contributed by atoms with E-state index in [-0.39, 0.29) is 21.9 Å². The van der Waals surface area contributed by atoms with E-state index < -0.39 is 16.1 Å². The number of benzene rings is 2. The summed E-state index contributed by atoms with van der Waals surface area (Å²) in [6, 6.07) is 7.61. The van der Waals surface area contributed by atoms with Crippen LogP contribution >= 0.6 is 0 Å². The summed E-state index contributed by atoms with van der Waals surface area (Å²) in [5.41, 5.74) is 0.567. The molecule has 2 aromatic carbocycles. The van der Waals surface area contributed by atoms with Crippen molar-refractivity contribution in [2.24, 2.45) is 10.2 Å². The predicted octanol–water partition coefficient (Wildman–Crippen LogP) is 3.06. The van der Waals surface area contributed by atoms with Gasteiger partial charge in [0.15, 0.2) is 0 Å². The van der Waals surface area contributed by atoms with E-state index in [2.05, 4.69) is 10.2 Å². The van der Waals surface area contributed by atoms with Crippen LogP contribution in [0.25, 0.3) is 0 Å². The van der Waals surface area contributed by atoms with Crippen LogP contribution in [0.15, 0.2) is 51.5 Å². The summed E-state index contributed by atoms with van der Waals surface area (Å²) in [4.78, 5) is 10.7. The maximum Gasteiger partial charge on any atom is 0.339 e. The van der Waals surface area contributed by atoms with Crippen molar-refractivity contribution in [3.63, 3.8) is 0 Å². The highest BCUT2D eigenvalue weighted by Gasteiger charge is 2.13. The molecule has 0 spiro atoms. The van der Waals surface area contributed by atoms with Crippen molar-refractivity contribution in [1.29, 1.82) is 0 Å². The van der Waals surface area contributed by atoms with Crippen molar-refractivity contribution in [1.82, 2.24) is 0 Å². The van der Waals surface area contributed by atoms with Gasteiger partial charge in [-0.2, -0.15) is 18.6 Å². The first-order valence-electron chi connectivity index (χ1n) is 6.24. The number of aromatic hydroxyl groups is 1. The van der Waals surface area contributed by atoms with Gasteiger partial charge >= 0.3 is 5.97 Å². The van der Waals surface area contributed by atoms with Crippen LogP contribution in [0.4, 0.5) is 11.4 Å². The molecule has 23 heavy (non-hydrogen) atoms. The molecule has 0 aromatic heterocycles. The average Bonchev–Trinajstić information content (AvgIpc) is 2.47. The fourth-order valence-electron chi connectivity index (χ4n) is 1.78. The van der Waals surface area contributed by atoms with E-state index in [1.807, 2.05) is 0 Å². The summed E-state index contributed by atoms with van der Waals surface area (Å²) in [5.74, 6) is -1.63. The molecule has 9 heteroatoms. The summed E-state index contributed by atoms with van der Waals surface area (Å²) in [6.45, 7) is 1.53. The van der Waals surface area contributed by atoms with Crippen LogP contribution in [0.1, 0.15) is 15.9 Å². The van der Waals surface area contributed by atoms with E-state index >= 15 is 0 Å². The Morgan fingerprint density at radius 2 is 1.61 bits per heavy atom. The Hall–Kier alpha value is -2.78. The van der Waals surface area contributed by atoms with Crippen LogP contribution in [0.2, 0.25) is 0 Å². The number of rotatable bonds is 4. The van der Waals surface area contributed by atoms with Gasteiger partial charge in [0, 0.05) is 0 Å². The molecule has 0 atom stereocenters. The van der Waals surface area contributed by atoms with Gasteiger partial charge in [0.25, 0.3) is 10.1 Å². The minimum Gasteiger partial charge on any atom is -0.507 e. The molecule has 120 valence electrons. The van der Waals surface area contributed by atoms with Crippen LogP contribution in [0.5, 0.6) is 5.75 Å². The van der Waals surface area contributed by atoms with Crippen molar-refractivity contribution in [3.05, 3.63) is 47.5 Å². The molecule has 0 aliphatic heterocycles. The van der Waals surface area contributed by atoms with Crippen molar-refractivity contribution in [3.8, 4) is 5.75 Å². The summed E-state index contributed by atoms with van der Waals surface area (Å²) in [6.07, 6.45) is 0. The van der Waals surface area contributed by atoms with E-state index in [0.717, 1.165) is 12.1 Å². The van der Waals surface area contributed by atoms with E-state index in [1.165, 1.54) is 31.2 Å². The number of carboxylic acid groups (broad SMARTS) is 1. The third-order valence-corrected chi connectivity index (χ3v) is 3.80. The molecule has 0 heterocycles. The van der Waals surface area contributed by atoms with Crippen LogP contribution in [0, 0.1) is 6.92 Å². The number of carbonyl (C=O) groups is 1. The van der Waals surface area contributed by atoms with Gasteiger partial charge in [-0.15, -0.1) is 0 Å². The summed E-state index contributed by atoms with van der Waals surface area (Å²) >= 11 is 0. The lowest BCUT2D eigenvalue weighted by molar-refractivity contribution is 0.0693. The molecule has 0 radical (unpaired) electrons. The summed E-state index contributed by atoms with van der Waals surface area (Å²) in [5, 5.41) is 26.3. The van der Waals surface area contributed by atoms with Crippen molar-refractivity contribution in [2.45, 2.75) is 11.8 Å². The fourth-order valence-corrected chi connectivity index (χ4v) is 2.26. The van der Waals surface area contributed by atoms with Crippen LogP contribution in [0.3, 0.4) is 0 Å². The normalized spacial score (nSPS) is 11.7. The second-order valence-electron chi connectivity index (χ2n) is 4.63. The standard InChI is InChI=1S/C14H12N2O6S/c1-8-6-10(7-12(13(8)17)14(18)19)16-15-9-2-4-11(5-3-9)23(20,21)22/h2-7,17H,1H3,(H,18,19)(H,20,21,22)/b16-15+. The summed E-state index contributed by atoms with van der Waals surface area (Å²) in [7, 11) is -4.28. The second kappa shape index (κ2) is 6.15. The zero-order chi connectivity index (χ0) is 17.2. The van der Waals surface area contributed by atoms with E-state index in [1.54, 1.807) is 0 Å². The third kappa shape index (κ3) is 3.90. The zero-order valence-electron chi connectivity index (χ0n) is 11.8.